The monoisotopic (exact) mass is 461 g/mol. The third kappa shape index (κ3) is 3.95. The van der Waals surface area contributed by atoms with Crippen molar-refractivity contribution in [3.8, 4) is 17.0 Å². The molecule has 1 fully saturated rings. The topological polar surface area (TPSA) is 112 Å². The molecular formula is C23H27NO7S. The van der Waals surface area contributed by atoms with Crippen LogP contribution < -0.4 is 10.3 Å². The summed E-state index contributed by atoms with van der Waals surface area (Å²) in [7, 11) is -2.14. The van der Waals surface area contributed by atoms with E-state index in [9.17, 15) is 23.1 Å². The van der Waals surface area contributed by atoms with E-state index in [4.69, 9.17) is 9.47 Å². The minimum Gasteiger partial charge on any atom is -0.493 e. The van der Waals surface area contributed by atoms with E-state index in [1.165, 1.54) is 10.6 Å². The number of rotatable bonds is 8. The number of ether oxygens (including phenoxy) is 2. The molecule has 1 saturated carbocycles. The highest BCUT2D eigenvalue weighted by molar-refractivity contribution is 7.90. The molecule has 1 aromatic heterocycles. The van der Waals surface area contributed by atoms with Gasteiger partial charge in [-0.15, -0.1) is 0 Å². The lowest BCUT2D eigenvalue weighted by Crippen LogP contribution is -2.30. The van der Waals surface area contributed by atoms with Gasteiger partial charge in [0.05, 0.1) is 22.9 Å². The summed E-state index contributed by atoms with van der Waals surface area (Å²) in [6, 6.07) is 4.46. The van der Waals surface area contributed by atoms with Crippen molar-refractivity contribution in [2.45, 2.75) is 55.7 Å². The molecule has 0 radical (unpaired) electrons. The number of carboxylic acid groups (broad SMARTS) is 1. The summed E-state index contributed by atoms with van der Waals surface area (Å²) in [5.74, 6) is -1.15. The summed E-state index contributed by atoms with van der Waals surface area (Å²) in [6.07, 6.45) is 2.18. The van der Waals surface area contributed by atoms with E-state index in [0.29, 0.717) is 42.2 Å². The zero-order valence-corrected chi connectivity index (χ0v) is 19.2. The van der Waals surface area contributed by atoms with E-state index < -0.39 is 26.9 Å². The lowest BCUT2D eigenvalue weighted by Gasteiger charge is -2.27. The van der Waals surface area contributed by atoms with Crippen LogP contribution in [-0.2, 0) is 20.3 Å². The Balaban J connectivity index is 1.95. The maximum Gasteiger partial charge on any atom is 0.341 e. The lowest BCUT2D eigenvalue weighted by atomic mass is 9.95. The number of aromatic nitrogens is 1. The molecular weight excluding hydrogens is 434 g/mol. The van der Waals surface area contributed by atoms with Gasteiger partial charge in [0.1, 0.15) is 11.3 Å². The van der Waals surface area contributed by atoms with Crippen molar-refractivity contribution in [2.75, 3.05) is 20.3 Å². The fraction of sp³-hybridized carbons (Fsp3) is 0.478. The quantitative estimate of drug-likeness (QED) is 0.600. The number of carbonyl (C=O) groups is 1. The predicted molar refractivity (Wildman–Crippen MR) is 118 cm³/mol. The first kappa shape index (κ1) is 22.5. The van der Waals surface area contributed by atoms with Crippen molar-refractivity contribution in [2.24, 2.45) is 0 Å². The lowest BCUT2D eigenvalue weighted by molar-refractivity contribution is 0.0694. The maximum absolute atomic E-state index is 13.2. The van der Waals surface area contributed by atoms with Gasteiger partial charge in [-0.3, -0.25) is 4.79 Å². The number of pyridine rings is 1. The molecule has 0 spiro atoms. The summed E-state index contributed by atoms with van der Waals surface area (Å²) < 4.78 is 38.9. The molecule has 1 aromatic carbocycles. The number of sulfone groups is 1. The molecule has 0 atom stereocenters. The van der Waals surface area contributed by atoms with Crippen molar-refractivity contribution in [3.05, 3.63) is 45.2 Å². The number of fused-ring (bicyclic) bond motifs is 3. The van der Waals surface area contributed by atoms with Gasteiger partial charge in [-0.2, -0.15) is 0 Å². The third-order valence-corrected chi connectivity index (χ3v) is 7.57. The van der Waals surface area contributed by atoms with E-state index in [-0.39, 0.29) is 22.6 Å². The standard InChI is InChI=1S/C23H27NO7S/c1-13(2)16-10-17-20(11-19(16)31-8-4-7-30-3)32(28,29)12-14-9-18(23(26)27)22(25)24(21(14)17)15-5-6-15/h9-11,13,15H,4-8,12H2,1-3H3,(H,26,27). The van der Waals surface area contributed by atoms with Crippen molar-refractivity contribution < 1.29 is 27.8 Å². The Labute approximate surface area is 186 Å². The van der Waals surface area contributed by atoms with Crippen LogP contribution in [0.1, 0.15) is 66.6 Å². The summed E-state index contributed by atoms with van der Waals surface area (Å²) in [6.45, 7) is 4.90. The number of carboxylic acids is 1. The zero-order valence-electron chi connectivity index (χ0n) is 18.4. The number of benzene rings is 1. The van der Waals surface area contributed by atoms with Crippen LogP contribution in [0.5, 0.6) is 5.75 Å². The molecule has 8 nitrogen and oxygen atoms in total. The van der Waals surface area contributed by atoms with E-state index in [1.807, 2.05) is 13.8 Å². The number of hydrogen-bond donors (Lipinski definition) is 1. The maximum atomic E-state index is 13.2. The molecule has 2 heterocycles. The van der Waals surface area contributed by atoms with Crippen molar-refractivity contribution in [3.63, 3.8) is 0 Å². The van der Waals surface area contributed by atoms with Crippen LogP contribution in [0.4, 0.5) is 0 Å². The molecule has 0 unspecified atom stereocenters. The second kappa shape index (κ2) is 8.37. The van der Waals surface area contributed by atoms with Crippen LogP contribution in [0, 0.1) is 0 Å². The van der Waals surface area contributed by atoms with E-state index in [1.54, 1.807) is 19.2 Å². The predicted octanol–water partition coefficient (Wildman–Crippen LogP) is 3.37. The smallest absolute Gasteiger partial charge is 0.341 e. The summed E-state index contributed by atoms with van der Waals surface area (Å²) in [5.41, 5.74) is 1.16. The van der Waals surface area contributed by atoms with Gasteiger partial charge in [-0.1, -0.05) is 13.8 Å². The second-order valence-electron chi connectivity index (χ2n) is 8.64. The Morgan fingerprint density at radius 2 is 1.94 bits per heavy atom. The summed E-state index contributed by atoms with van der Waals surface area (Å²) in [5, 5.41) is 9.50. The second-order valence-corrected chi connectivity index (χ2v) is 10.6. The Hall–Kier alpha value is -2.65. The zero-order chi connectivity index (χ0) is 23.2. The van der Waals surface area contributed by atoms with Crippen LogP contribution in [-0.4, -0.2) is 44.4 Å². The molecule has 4 rings (SSSR count). The minimum atomic E-state index is -3.75. The molecule has 1 aliphatic carbocycles. The van der Waals surface area contributed by atoms with E-state index in [2.05, 4.69) is 0 Å². The minimum absolute atomic E-state index is 0.0465. The van der Waals surface area contributed by atoms with Crippen LogP contribution in [0.3, 0.4) is 0 Å². The highest BCUT2D eigenvalue weighted by Crippen LogP contribution is 2.46. The Kier molecular flexibility index (Phi) is 5.89. The molecule has 9 heteroatoms. The first-order valence-electron chi connectivity index (χ1n) is 10.7. The Morgan fingerprint density at radius 1 is 1.22 bits per heavy atom. The number of nitrogens with zero attached hydrogens (tertiary/aromatic N) is 1. The van der Waals surface area contributed by atoms with E-state index in [0.717, 1.165) is 18.4 Å². The first-order valence-corrected chi connectivity index (χ1v) is 12.4. The molecule has 0 amide bonds. The van der Waals surface area contributed by atoms with Gasteiger partial charge in [0.25, 0.3) is 5.56 Å². The number of aromatic carboxylic acids is 1. The van der Waals surface area contributed by atoms with Crippen molar-refractivity contribution in [1.82, 2.24) is 4.57 Å². The normalized spacial score (nSPS) is 16.5. The first-order chi connectivity index (χ1) is 15.2. The molecule has 172 valence electrons. The molecule has 0 saturated heterocycles. The Morgan fingerprint density at radius 3 is 2.53 bits per heavy atom. The van der Waals surface area contributed by atoms with E-state index >= 15 is 0 Å². The summed E-state index contributed by atoms with van der Waals surface area (Å²) >= 11 is 0. The SMILES string of the molecule is COCCCOc1cc2c(cc1C(C)C)-c1c(cc(C(=O)O)c(=O)n1C1CC1)CS2(=O)=O. The highest BCUT2D eigenvalue weighted by atomic mass is 32.2. The van der Waals surface area contributed by atoms with Crippen LogP contribution >= 0.6 is 0 Å². The van der Waals surface area contributed by atoms with Gasteiger partial charge in [-0.25, -0.2) is 13.2 Å². The highest BCUT2D eigenvalue weighted by Gasteiger charge is 2.37. The van der Waals surface area contributed by atoms with Crippen LogP contribution in [0.2, 0.25) is 0 Å². The molecule has 2 aromatic rings. The van der Waals surface area contributed by atoms with Crippen molar-refractivity contribution >= 4 is 15.8 Å². The molecule has 1 aliphatic heterocycles. The average Bonchev–Trinajstić information content (AvgIpc) is 3.55. The van der Waals surface area contributed by atoms with Crippen molar-refractivity contribution in [1.29, 1.82) is 0 Å². The van der Waals surface area contributed by atoms with Gasteiger partial charge in [0, 0.05) is 31.7 Å². The molecule has 1 N–H and O–H groups in total. The fourth-order valence-electron chi connectivity index (χ4n) is 4.20. The van der Waals surface area contributed by atoms with Gasteiger partial charge < -0.3 is 19.1 Å². The summed E-state index contributed by atoms with van der Waals surface area (Å²) in [4.78, 5) is 24.8. The molecule has 2 aliphatic rings. The van der Waals surface area contributed by atoms with Crippen LogP contribution in [0.25, 0.3) is 11.3 Å². The van der Waals surface area contributed by atoms with Gasteiger partial charge >= 0.3 is 5.97 Å². The van der Waals surface area contributed by atoms with Crippen LogP contribution in [0.15, 0.2) is 27.9 Å². The fourth-order valence-corrected chi connectivity index (χ4v) is 5.76. The number of hydrogen-bond acceptors (Lipinski definition) is 6. The Bertz CT molecular complexity index is 1240. The van der Waals surface area contributed by atoms with Gasteiger partial charge in [0.2, 0.25) is 0 Å². The van der Waals surface area contributed by atoms with Gasteiger partial charge in [0.15, 0.2) is 9.84 Å². The molecule has 0 bridgehead atoms. The number of methoxy groups -OCH3 is 1. The largest absolute Gasteiger partial charge is 0.493 e. The average molecular weight is 462 g/mol. The molecule has 32 heavy (non-hydrogen) atoms. The van der Waals surface area contributed by atoms with Gasteiger partial charge in [-0.05, 0) is 48.1 Å². The third-order valence-electron chi connectivity index (χ3n) is 5.88.